The molecule has 0 saturated heterocycles. The Morgan fingerprint density at radius 3 is 2.69 bits per heavy atom. The minimum Gasteiger partial charge on any atom is -0.348 e. The molecule has 1 unspecified atom stereocenters. The van der Waals surface area contributed by atoms with Crippen molar-refractivity contribution >= 4 is 23.2 Å². The molecule has 1 aromatic carbocycles. The van der Waals surface area contributed by atoms with Gasteiger partial charge in [0.1, 0.15) is 10.7 Å². The predicted octanol–water partition coefficient (Wildman–Crippen LogP) is 4.88. The van der Waals surface area contributed by atoms with Crippen LogP contribution in [0.15, 0.2) is 48.0 Å². The Morgan fingerprint density at radius 2 is 1.97 bits per heavy atom. The van der Waals surface area contributed by atoms with Crippen molar-refractivity contribution in [3.63, 3.8) is 0 Å². The summed E-state index contributed by atoms with van der Waals surface area (Å²) in [5.74, 6) is -0.0801. The summed E-state index contributed by atoms with van der Waals surface area (Å²) in [7, 11) is 0. The molecule has 0 aliphatic carbocycles. The molecule has 7 heteroatoms. The van der Waals surface area contributed by atoms with E-state index < -0.39 is 0 Å². The Balaban J connectivity index is 1.73. The molecule has 3 aromatic rings. The number of carbonyl (C=O) groups excluding carboxylic acids is 2. The van der Waals surface area contributed by atoms with E-state index in [1.165, 1.54) is 11.3 Å². The first-order valence-corrected chi connectivity index (χ1v) is 12.0. The second-order valence-electron chi connectivity index (χ2n) is 8.08. The van der Waals surface area contributed by atoms with Crippen molar-refractivity contribution in [3.8, 4) is 0 Å². The van der Waals surface area contributed by atoms with Crippen molar-refractivity contribution in [2.24, 2.45) is 0 Å². The van der Waals surface area contributed by atoms with Crippen LogP contribution in [0.2, 0.25) is 0 Å². The second-order valence-corrected chi connectivity index (χ2v) is 9.02. The van der Waals surface area contributed by atoms with Gasteiger partial charge in [-0.3, -0.25) is 9.59 Å². The largest absolute Gasteiger partial charge is 0.348 e. The lowest BCUT2D eigenvalue weighted by Gasteiger charge is -2.24. The summed E-state index contributed by atoms with van der Waals surface area (Å²) in [5, 5.41) is 5.63. The summed E-state index contributed by atoms with van der Waals surface area (Å²) in [4.78, 5) is 32.0. The summed E-state index contributed by atoms with van der Waals surface area (Å²) in [6.45, 7) is 9.86. The highest BCUT2D eigenvalue weighted by atomic mass is 32.1. The molecule has 0 spiro atoms. The fourth-order valence-corrected chi connectivity index (χ4v) is 4.25. The van der Waals surface area contributed by atoms with Crippen LogP contribution in [0.4, 0.5) is 0 Å². The van der Waals surface area contributed by atoms with Gasteiger partial charge in [0.05, 0.1) is 13.1 Å². The summed E-state index contributed by atoms with van der Waals surface area (Å²) < 4.78 is 2.10. The number of aromatic nitrogens is 2. The Kier molecular flexibility index (Phi) is 8.22. The van der Waals surface area contributed by atoms with Gasteiger partial charge in [0, 0.05) is 35.4 Å². The number of nitrogens with zero attached hydrogens (tertiary/aromatic N) is 3. The second kappa shape index (κ2) is 11.1. The number of hydrogen-bond donors (Lipinski definition) is 1. The van der Waals surface area contributed by atoms with Gasteiger partial charge in [-0.1, -0.05) is 32.0 Å². The molecular weight excluding hydrogens is 420 g/mol. The summed E-state index contributed by atoms with van der Waals surface area (Å²) >= 11 is 1.48. The molecule has 0 fully saturated rings. The average molecular weight is 453 g/mol. The molecule has 170 valence electrons. The Labute approximate surface area is 194 Å². The quantitative estimate of drug-likeness (QED) is 0.477. The van der Waals surface area contributed by atoms with Crippen molar-refractivity contribution in [2.45, 2.75) is 59.7 Å². The molecule has 6 nitrogen and oxygen atoms in total. The van der Waals surface area contributed by atoms with E-state index in [1.807, 2.05) is 68.3 Å². The predicted molar refractivity (Wildman–Crippen MR) is 129 cm³/mol. The molecule has 1 N–H and O–H groups in total. The maximum atomic E-state index is 13.2. The Morgan fingerprint density at radius 1 is 1.19 bits per heavy atom. The van der Waals surface area contributed by atoms with Gasteiger partial charge in [0.15, 0.2) is 0 Å². The van der Waals surface area contributed by atoms with Crippen LogP contribution in [0, 0.1) is 6.92 Å². The highest BCUT2D eigenvalue weighted by Gasteiger charge is 2.19. The van der Waals surface area contributed by atoms with Gasteiger partial charge in [-0.2, -0.15) is 0 Å². The molecule has 0 saturated carbocycles. The van der Waals surface area contributed by atoms with Crippen LogP contribution < -0.4 is 5.32 Å². The fourth-order valence-electron chi connectivity index (χ4n) is 3.48. The third-order valence-corrected chi connectivity index (χ3v) is 6.35. The van der Waals surface area contributed by atoms with E-state index in [9.17, 15) is 9.59 Å². The minimum absolute atomic E-state index is 0.0518. The zero-order valence-electron chi connectivity index (χ0n) is 19.3. The normalized spacial score (nSPS) is 11.9. The topological polar surface area (TPSA) is 67.2 Å². The zero-order chi connectivity index (χ0) is 23.1. The van der Waals surface area contributed by atoms with Gasteiger partial charge in [0.2, 0.25) is 0 Å². The van der Waals surface area contributed by atoms with E-state index in [0.717, 1.165) is 34.7 Å². The van der Waals surface area contributed by atoms with Crippen LogP contribution >= 0.6 is 11.3 Å². The third-order valence-electron chi connectivity index (χ3n) is 5.51. The van der Waals surface area contributed by atoms with Crippen LogP contribution in [0.3, 0.4) is 0 Å². The molecule has 2 aromatic heterocycles. The van der Waals surface area contributed by atoms with Crippen molar-refractivity contribution in [2.75, 3.05) is 6.54 Å². The van der Waals surface area contributed by atoms with Gasteiger partial charge in [0.25, 0.3) is 11.8 Å². The third kappa shape index (κ3) is 5.85. The highest BCUT2D eigenvalue weighted by Crippen LogP contribution is 2.17. The SMILES string of the molecule is CCCN(Cc1cccn1Cc1nc(C(=O)NC(C)CC)cs1)C(=O)c1ccccc1C. The number of rotatable bonds is 10. The number of carbonyl (C=O) groups is 2. The first-order chi connectivity index (χ1) is 15.4. The lowest BCUT2D eigenvalue weighted by Crippen LogP contribution is -2.32. The van der Waals surface area contributed by atoms with E-state index in [4.69, 9.17) is 0 Å². The van der Waals surface area contributed by atoms with E-state index >= 15 is 0 Å². The van der Waals surface area contributed by atoms with E-state index in [-0.39, 0.29) is 17.9 Å². The number of hydrogen-bond acceptors (Lipinski definition) is 4. The molecule has 0 radical (unpaired) electrons. The van der Waals surface area contributed by atoms with Gasteiger partial charge >= 0.3 is 0 Å². The zero-order valence-corrected chi connectivity index (χ0v) is 20.1. The molecule has 0 bridgehead atoms. The average Bonchev–Trinajstić information content (AvgIpc) is 3.43. The van der Waals surface area contributed by atoms with Crippen LogP contribution in [0.25, 0.3) is 0 Å². The van der Waals surface area contributed by atoms with Gasteiger partial charge in [-0.25, -0.2) is 4.98 Å². The maximum Gasteiger partial charge on any atom is 0.270 e. The van der Waals surface area contributed by atoms with E-state index in [1.54, 1.807) is 5.38 Å². The molecule has 0 aliphatic rings. The van der Waals surface area contributed by atoms with Gasteiger partial charge < -0.3 is 14.8 Å². The fraction of sp³-hybridized carbons (Fsp3) is 0.400. The first-order valence-electron chi connectivity index (χ1n) is 11.2. The van der Waals surface area contributed by atoms with Crippen molar-refractivity contribution in [3.05, 3.63) is 75.5 Å². The highest BCUT2D eigenvalue weighted by molar-refractivity contribution is 7.09. The number of nitrogens with one attached hydrogen (secondary N) is 1. The minimum atomic E-state index is -0.132. The van der Waals surface area contributed by atoms with Crippen LogP contribution in [0.1, 0.15) is 70.7 Å². The van der Waals surface area contributed by atoms with Crippen LogP contribution in [0.5, 0.6) is 0 Å². The molecular formula is C25H32N4O2S. The smallest absolute Gasteiger partial charge is 0.270 e. The van der Waals surface area contributed by atoms with Crippen molar-refractivity contribution < 1.29 is 9.59 Å². The van der Waals surface area contributed by atoms with Crippen molar-refractivity contribution in [1.82, 2.24) is 19.8 Å². The monoisotopic (exact) mass is 452 g/mol. The number of thiazole rings is 1. The Bertz CT molecular complexity index is 1060. The number of aryl methyl sites for hydroxylation is 1. The molecule has 2 heterocycles. The Hall–Kier alpha value is -2.93. The van der Waals surface area contributed by atoms with E-state index in [0.29, 0.717) is 25.3 Å². The van der Waals surface area contributed by atoms with Crippen LogP contribution in [-0.2, 0) is 13.1 Å². The molecule has 2 amide bonds. The lowest BCUT2D eigenvalue weighted by atomic mass is 10.1. The van der Waals surface area contributed by atoms with Crippen LogP contribution in [-0.4, -0.2) is 38.9 Å². The van der Waals surface area contributed by atoms with Crippen molar-refractivity contribution in [1.29, 1.82) is 0 Å². The molecule has 32 heavy (non-hydrogen) atoms. The van der Waals surface area contributed by atoms with E-state index in [2.05, 4.69) is 21.8 Å². The van der Waals surface area contributed by atoms with Gasteiger partial charge in [-0.05, 0) is 50.5 Å². The summed E-state index contributed by atoms with van der Waals surface area (Å²) in [5.41, 5.74) is 3.23. The first kappa shape index (κ1) is 23.7. The number of amides is 2. The number of benzene rings is 1. The molecule has 0 aliphatic heterocycles. The molecule has 1 atom stereocenters. The standard InChI is InChI=1S/C25H32N4O2S/c1-5-13-29(25(31)21-12-8-7-10-18(21)3)15-20-11-9-14-28(20)16-23-27-22(17-32-23)24(30)26-19(4)6-2/h7-12,14,17,19H,5-6,13,15-16H2,1-4H3,(H,26,30). The summed E-state index contributed by atoms with van der Waals surface area (Å²) in [6.07, 6.45) is 3.77. The summed E-state index contributed by atoms with van der Waals surface area (Å²) in [6, 6.07) is 11.9. The molecule has 3 rings (SSSR count). The maximum absolute atomic E-state index is 13.2. The lowest BCUT2D eigenvalue weighted by molar-refractivity contribution is 0.0738. The van der Waals surface area contributed by atoms with Gasteiger partial charge in [-0.15, -0.1) is 11.3 Å².